The van der Waals surface area contributed by atoms with E-state index in [4.69, 9.17) is 14.6 Å². The van der Waals surface area contributed by atoms with Crippen molar-refractivity contribution in [3.05, 3.63) is 24.0 Å². The molecular formula is C19H28N2O4. The zero-order chi connectivity index (χ0) is 18.0. The molecule has 25 heavy (non-hydrogen) atoms. The lowest BCUT2D eigenvalue weighted by Crippen LogP contribution is -2.55. The standard InChI is InChI=1S/C19H28N2O4/c1-19(2,3)25-18(23)21-6-4-15(21)12-24-16-8-14(10-20-11-16)17-9-13(17)5-7-22/h8,10-11,13,15,17,22H,4-7,9,12H2,1-3H3/t13-,15-,17-/m0/s1. The van der Waals surface area contributed by atoms with Gasteiger partial charge in [-0.15, -0.1) is 0 Å². The number of amides is 1. The van der Waals surface area contributed by atoms with Crippen molar-refractivity contribution in [1.82, 2.24) is 9.88 Å². The van der Waals surface area contributed by atoms with E-state index >= 15 is 0 Å². The largest absolute Gasteiger partial charge is 0.490 e. The molecule has 1 aromatic heterocycles. The van der Waals surface area contributed by atoms with Gasteiger partial charge in [-0.05, 0) is 63.5 Å². The van der Waals surface area contributed by atoms with Crippen molar-refractivity contribution in [2.45, 2.75) is 57.6 Å². The molecule has 6 nitrogen and oxygen atoms in total. The van der Waals surface area contributed by atoms with Crippen molar-refractivity contribution in [3.63, 3.8) is 0 Å². The quantitative estimate of drug-likeness (QED) is 0.856. The number of rotatable bonds is 6. The average molecular weight is 348 g/mol. The van der Waals surface area contributed by atoms with E-state index in [0.29, 0.717) is 25.0 Å². The predicted molar refractivity (Wildman–Crippen MR) is 93.6 cm³/mol. The van der Waals surface area contributed by atoms with Crippen molar-refractivity contribution in [3.8, 4) is 5.75 Å². The number of aliphatic hydroxyl groups is 1. The molecular weight excluding hydrogens is 320 g/mol. The highest BCUT2D eigenvalue weighted by Gasteiger charge is 2.38. The molecule has 1 aliphatic heterocycles. The van der Waals surface area contributed by atoms with E-state index in [-0.39, 0.29) is 18.7 Å². The number of pyridine rings is 1. The van der Waals surface area contributed by atoms with E-state index in [0.717, 1.165) is 25.0 Å². The zero-order valence-corrected chi connectivity index (χ0v) is 15.3. The summed E-state index contributed by atoms with van der Waals surface area (Å²) in [7, 11) is 0. The fourth-order valence-corrected chi connectivity index (χ4v) is 3.23. The highest BCUT2D eigenvalue weighted by atomic mass is 16.6. The average Bonchev–Trinajstić information content (AvgIpc) is 3.24. The first kappa shape index (κ1) is 18.0. The van der Waals surface area contributed by atoms with Crippen LogP contribution in [-0.2, 0) is 4.74 Å². The van der Waals surface area contributed by atoms with Gasteiger partial charge >= 0.3 is 6.09 Å². The Morgan fingerprint density at radius 3 is 2.84 bits per heavy atom. The second-order valence-corrected chi connectivity index (χ2v) is 8.00. The van der Waals surface area contributed by atoms with Gasteiger partial charge in [0, 0.05) is 19.3 Å². The van der Waals surface area contributed by atoms with Gasteiger partial charge in [-0.3, -0.25) is 4.98 Å². The zero-order valence-electron chi connectivity index (χ0n) is 15.3. The van der Waals surface area contributed by atoms with E-state index in [1.807, 2.05) is 33.0 Å². The smallest absolute Gasteiger partial charge is 0.410 e. The molecule has 2 heterocycles. The summed E-state index contributed by atoms with van der Waals surface area (Å²) in [6.45, 7) is 7.02. The van der Waals surface area contributed by atoms with Crippen LogP contribution in [0.1, 0.15) is 51.5 Å². The molecule has 3 atom stereocenters. The van der Waals surface area contributed by atoms with Gasteiger partial charge in [0.25, 0.3) is 0 Å². The molecule has 1 N–H and O–H groups in total. The highest BCUT2D eigenvalue weighted by Crippen LogP contribution is 2.49. The fourth-order valence-electron chi connectivity index (χ4n) is 3.23. The summed E-state index contributed by atoms with van der Waals surface area (Å²) in [4.78, 5) is 18.1. The lowest BCUT2D eigenvalue weighted by Gasteiger charge is -2.40. The van der Waals surface area contributed by atoms with Crippen LogP contribution in [0.3, 0.4) is 0 Å². The summed E-state index contributed by atoms with van der Waals surface area (Å²) in [5.74, 6) is 1.80. The molecule has 1 aliphatic carbocycles. The Hall–Kier alpha value is -1.82. The molecule has 2 aliphatic rings. The second kappa shape index (κ2) is 7.20. The van der Waals surface area contributed by atoms with Gasteiger partial charge in [-0.1, -0.05) is 0 Å². The van der Waals surface area contributed by atoms with Gasteiger partial charge in [-0.2, -0.15) is 0 Å². The summed E-state index contributed by atoms with van der Waals surface area (Å²) in [5.41, 5.74) is 0.694. The normalized spacial score (nSPS) is 25.3. The Labute approximate surface area is 149 Å². The van der Waals surface area contributed by atoms with Gasteiger partial charge in [0.05, 0.1) is 12.2 Å². The monoisotopic (exact) mass is 348 g/mol. The van der Waals surface area contributed by atoms with Crippen LogP contribution in [0.25, 0.3) is 0 Å². The molecule has 0 radical (unpaired) electrons. The lowest BCUT2D eigenvalue weighted by atomic mass is 10.1. The molecule has 6 heteroatoms. The van der Waals surface area contributed by atoms with Gasteiger partial charge in [0.15, 0.2) is 0 Å². The summed E-state index contributed by atoms with van der Waals surface area (Å²) < 4.78 is 11.3. The van der Waals surface area contributed by atoms with E-state index in [1.54, 1.807) is 11.1 Å². The van der Waals surface area contributed by atoms with E-state index < -0.39 is 5.60 Å². The third-order valence-corrected chi connectivity index (χ3v) is 4.80. The highest BCUT2D eigenvalue weighted by molar-refractivity contribution is 5.69. The minimum absolute atomic E-state index is 0.0570. The predicted octanol–water partition coefficient (Wildman–Crippen LogP) is 2.96. The Morgan fingerprint density at radius 1 is 1.40 bits per heavy atom. The minimum Gasteiger partial charge on any atom is -0.490 e. The Bertz CT molecular complexity index is 614. The molecule has 0 aromatic carbocycles. The molecule has 1 saturated carbocycles. The molecule has 1 saturated heterocycles. The summed E-state index contributed by atoms with van der Waals surface area (Å²) in [6, 6.07) is 2.09. The molecule has 0 bridgehead atoms. The molecule has 1 aromatic rings. The topological polar surface area (TPSA) is 71.9 Å². The molecule has 0 unspecified atom stereocenters. The van der Waals surface area contributed by atoms with E-state index in [9.17, 15) is 4.79 Å². The number of aliphatic hydroxyl groups excluding tert-OH is 1. The molecule has 0 spiro atoms. The summed E-state index contributed by atoms with van der Waals surface area (Å²) in [6.07, 6.45) is 6.20. The number of carbonyl (C=O) groups is 1. The van der Waals surface area contributed by atoms with Crippen molar-refractivity contribution < 1.29 is 19.4 Å². The molecule has 138 valence electrons. The van der Waals surface area contributed by atoms with Gasteiger partial charge in [0.1, 0.15) is 18.0 Å². The first-order chi connectivity index (χ1) is 11.9. The first-order valence-corrected chi connectivity index (χ1v) is 9.05. The summed E-state index contributed by atoms with van der Waals surface area (Å²) in [5, 5.41) is 9.03. The third kappa shape index (κ3) is 4.63. The number of aromatic nitrogens is 1. The van der Waals surface area contributed by atoms with E-state index in [2.05, 4.69) is 4.98 Å². The molecule has 2 fully saturated rings. The minimum atomic E-state index is -0.480. The summed E-state index contributed by atoms with van der Waals surface area (Å²) >= 11 is 0. The van der Waals surface area contributed by atoms with Crippen LogP contribution >= 0.6 is 0 Å². The van der Waals surface area contributed by atoms with Crippen LogP contribution in [0.15, 0.2) is 18.5 Å². The van der Waals surface area contributed by atoms with Crippen molar-refractivity contribution in [2.75, 3.05) is 19.8 Å². The van der Waals surface area contributed by atoms with E-state index in [1.165, 1.54) is 5.56 Å². The van der Waals surface area contributed by atoms with Crippen LogP contribution in [0.5, 0.6) is 5.75 Å². The third-order valence-electron chi connectivity index (χ3n) is 4.80. The maximum atomic E-state index is 12.1. The number of hydrogen-bond acceptors (Lipinski definition) is 5. The van der Waals surface area contributed by atoms with Crippen LogP contribution in [0.4, 0.5) is 4.79 Å². The lowest BCUT2D eigenvalue weighted by molar-refractivity contribution is -0.0141. The maximum absolute atomic E-state index is 12.1. The van der Waals surface area contributed by atoms with Crippen molar-refractivity contribution in [1.29, 1.82) is 0 Å². The molecule has 1 amide bonds. The van der Waals surface area contributed by atoms with Crippen molar-refractivity contribution >= 4 is 6.09 Å². The molecule has 3 rings (SSSR count). The van der Waals surface area contributed by atoms with Crippen LogP contribution in [0, 0.1) is 5.92 Å². The Balaban J connectivity index is 1.50. The maximum Gasteiger partial charge on any atom is 0.410 e. The number of hydrogen-bond donors (Lipinski definition) is 1. The van der Waals surface area contributed by atoms with Crippen molar-refractivity contribution in [2.24, 2.45) is 5.92 Å². The van der Waals surface area contributed by atoms with Crippen LogP contribution in [0.2, 0.25) is 0 Å². The van der Waals surface area contributed by atoms with Gasteiger partial charge < -0.3 is 19.5 Å². The number of carbonyl (C=O) groups excluding carboxylic acids is 1. The SMILES string of the molecule is CC(C)(C)OC(=O)N1CC[C@H]1COc1cncc([C@H]2C[C@@H]2CCO)c1. The van der Waals surface area contributed by atoms with Crippen LogP contribution < -0.4 is 4.74 Å². The van der Waals surface area contributed by atoms with Gasteiger partial charge in [0.2, 0.25) is 0 Å². The van der Waals surface area contributed by atoms with Crippen LogP contribution in [-0.4, -0.2) is 52.5 Å². The number of likely N-dealkylation sites (tertiary alicyclic amines) is 1. The first-order valence-electron chi connectivity index (χ1n) is 9.05. The Kier molecular flexibility index (Phi) is 5.18. The Morgan fingerprint density at radius 2 is 2.20 bits per heavy atom. The second-order valence-electron chi connectivity index (χ2n) is 8.00. The fraction of sp³-hybridized carbons (Fsp3) is 0.684. The number of nitrogens with zero attached hydrogens (tertiary/aromatic N) is 2. The van der Waals surface area contributed by atoms with Gasteiger partial charge in [-0.25, -0.2) is 4.79 Å². The number of ether oxygens (including phenoxy) is 2.